The van der Waals surface area contributed by atoms with E-state index in [4.69, 9.17) is 9.41 Å². The first-order valence-electron chi connectivity index (χ1n) is 7.81. The van der Waals surface area contributed by atoms with Gasteiger partial charge in [-0.15, -0.1) is 17.9 Å². The molecule has 0 saturated heterocycles. The van der Waals surface area contributed by atoms with Gasteiger partial charge in [-0.3, -0.25) is 4.99 Å². The average Bonchev–Trinajstić information content (AvgIpc) is 3.22. The third kappa shape index (κ3) is 5.60. The first-order valence-corrected chi connectivity index (χ1v) is 8.69. The van der Waals surface area contributed by atoms with Crippen molar-refractivity contribution in [3.05, 3.63) is 59.2 Å². The van der Waals surface area contributed by atoms with Crippen molar-refractivity contribution in [2.24, 2.45) is 4.99 Å². The number of rotatable bonds is 8. The van der Waals surface area contributed by atoms with E-state index >= 15 is 0 Å². The zero-order valence-electron chi connectivity index (χ0n) is 13.8. The van der Waals surface area contributed by atoms with Crippen LogP contribution >= 0.6 is 11.3 Å². The van der Waals surface area contributed by atoms with Crippen LogP contribution in [0.5, 0.6) is 0 Å². The van der Waals surface area contributed by atoms with Crippen LogP contribution in [-0.4, -0.2) is 25.6 Å². The predicted octanol–water partition coefficient (Wildman–Crippen LogP) is 3.58. The highest BCUT2D eigenvalue weighted by atomic mass is 32.1. The molecule has 2 heterocycles. The summed E-state index contributed by atoms with van der Waals surface area (Å²) in [6, 6.07) is 8.14. The Morgan fingerprint density at radius 3 is 2.87 bits per heavy atom. The number of furan rings is 1. The van der Waals surface area contributed by atoms with Crippen LogP contribution in [0.1, 0.15) is 24.5 Å². The largest absolute Gasteiger partial charge is 0.469 e. The molecule has 23 heavy (non-hydrogen) atoms. The lowest BCUT2D eigenvalue weighted by molar-refractivity contribution is 0.506. The van der Waals surface area contributed by atoms with E-state index in [-0.39, 0.29) is 5.41 Å². The van der Waals surface area contributed by atoms with Gasteiger partial charge in [0.05, 0.1) is 12.8 Å². The van der Waals surface area contributed by atoms with Crippen LogP contribution < -0.4 is 10.6 Å². The summed E-state index contributed by atoms with van der Waals surface area (Å²) in [6.45, 7) is 10.4. The molecule has 0 aliphatic rings. The summed E-state index contributed by atoms with van der Waals surface area (Å²) in [7, 11) is 0. The van der Waals surface area contributed by atoms with Gasteiger partial charge in [0.2, 0.25) is 0 Å². The monoisotopic (exact) mass is 331 g/mol. The Hall–Kier alpha value is -2.01. The first kappa shape index (κ1) is 17.3. The molecule has 5 heteroatoms. The molecule has 4 nitrogen and oxygen atoms in total. The minimum atomic E-state index is 0.0258. The molecule has 2 rings (SSSR count). The number of guanidine groups is 1. The summed E-state index contributed by atoms with van der Waals surface area (Å²) in [6.07, 6.45) is 4.36. The van der Waals surface area contributed by atoms with Crippen molar-refractivity contribution in [2.45, 2.75) is 25.7 Å². The number of thiophene rings is 1. The molecule has 0 aromatic carbocycles. The quantitative estimate of drug-likeness (QED) is 0.441. The van der Waals surface area contributed by atoms with Crippen LogP contribution in [0.2, 0.25) is 0 Å². The van der Waals surface area contributed by atoms with E-state index in [2.05, 4.69) is 48.6 Å². The van der Waals surface area contributed by atoms with Gasteiger partial charge in [0.15, 0.2) is 5.96 Å². The molecule has 0 aliphatic heterocycles. The second-order valence-electron chi connectivity index (χ2n) is 5.95. The maximum Gasteiger partial charge on any atom is 0.191 e. The molecule has 2 aromatic heterocycles. The normalized spacial score (nSPS) is 12.2. The zero-order valence-corrected chi connectivity index (χ0v) is 14.7. The van der Waals surface area contributed by atoms with Gasteiger partial charge in [0.1, 0.15) is 5.76 Å². The van der Waals surface area contributed by atoms with Crippen molar-refractivity contribution in [3.8, 4) is 0 Å². The Morgan fingerprint density at radius 1 is 1.35 bits per heavy atom. The van der Waals surface area contributed by atoms with Crippen molar-refractivity contribution in [2.75, 3.05) is 19.6 Å². The Labute approximate surface area is 142 Å². The molecule has 0 amide bonds. The summed E-state index contributed by atoms with van der Waals surface area (Å²) >= 11 is 1.78. The molecule has 0 fully saturated rings. The van der Waals surface area contributed by atoms with Gasteiger partial charge in [0, 0.05) is 29.8 Å². The standard InChI is InChI=1S/C18H25N3OS/c1-4-10-19-17(20-11-9-15-7-5-12-22-15)21-14-18(2,3)16-8-6-13-23-16/h4-8,12-13H,1,9-11,14H2,2-3H3,(H2,19,20,21). The van der Waals surface area contributed by atoms with E-state index < -0.39 is 0 Å². The second kappa shape index (κ2) is 8.58. The molecule has 2 aromatic rings. The number of nitrogens with zero attached hydrogens (tertiary/aromatic N) is 1. The van der Waals surface area contributed by atoms with E-state index in [1.54, 1.807) is 17.6 Å². The molecule has 0 unspecified atom stereocenters. The molecule has 124 valence electrons. The van der Waals surface area contributed by atoms with Crippen molar-refractivity contribution in [3.63, 3.8) is 0 Å². The van der Waals surface area contributed by atoms with E-state index in [0.717, 1.165) is 31.2 Å². The van der Waals surface area contributed by atoms with Crippen LogP contribution in [0.15, 0.2) is 58.0 Å². The third-order valence-electron chi connectivity index (χ3n) is 3.48. The highest BCUT2D eigenvalue weighted by Crippen LogP contribution is 2.27. The lowest BCUT2D eigenvalue weighted by Crippen LogP contribution is -2.39. The number of nitrogens with one attached hydrogen (secondary N) is 2. The van der Waals surface area contributed by atoms with E-state index in [1.807, 2.05) is 18.2 Å². The summed E-state index contributed by atoms with van der Waals surface area (Å²) < 4.78 is 5.34. The van der Waals surface area contributed by atoms with Crippen molar-refractivity contribution >= 4 is 17.3 Å². The van der Waals surface area contributed by atoms with Crippen LogP contribution in [-0.2, 0) is 11.8 Å². The lowest BCUT2D eigenvalue weighted by Gasteiger charge is -2.21. The van der Waals surface area contributed by atoms with Crippen molar-refractivity contribution < 1.29 is 4.42 Å². The first-order chi connectivity index (χ1) is 11.1. The molecule has 0 atom stereocenters. The number of aliphatic imine (C=N–C) groups is 1. The Morgan fingerprint density at radius 2 is 2.22 bits per heavy atom. The molecule has 0 bridgehead atoms. The SMILES string of the molecule is C=CCNC(=NCC(C)(C)c1cccs1)NCCc1ccco1. The fourth-order valence-electron chi connectivity index (χ4n) is 2.12. The van der Waals surface area contributed by atoms with Gasteiger partial charge in [-0.1, -0.05) is 26.0 Å². The molecular weight excluding hydrogens is 306 g/mol. The average molecular weight is 331 g/mol. The number of hydrogen-bond donors (Lipinski definition) is 2. The molecule has 0 spiro atoms. The highest BCUT2D eigenvalue weighted by molar-refractivity contribution is 7.10. The Balaban J connectivity index is 1.91. The van der Waals surface area contributed by atoms with E-state index in [1.165, 1.54) is 4.88 Å². The Kier molecular flexibility index (Phi) is 6.47. The fourth-order valence-corrected chi connectivity index (χ4v) is 2.96. The van der Waals surface area contributed by atoms with Crippen LogP contribution in [0.3, 0.4) is 0 Å². The van der Waals surface area contributed by atoms with E-state index in [9.17, 15) is 0 Å². The van der Waals surface area contributed by atoms with Crippen molar-refractivity contribution in [1.29, 1.82) is 0 Å². The van der Waals surface area contributed by atoms with Gasteiger partial charge >= 0.3 is 0 Å². The molecule has 0 radical (unpaired) electrons. The van der Waals surface area contributed by atoms with Crippen LogP contribution in [0.25, 0.3) is 0 Å². The minimum absolute atomic E-state index is 0.0258. The Bertz CT molecular complexity index is 600. The maximum absolute atomic E-state index is 5.34. The van der Waals surface area contributed by atoms with Gasteiger partial charge in [-0.05, 0) is 23.6 Å². The maximum atomic E-state index is 5.34. The highest BCUT2D eigenvalue weighted by Gasteiger charge is 2.21. The van der Waals surface area contributed by atoms with Gasteiger partial charge in [0.25, 0.3) is 0 Å². The molecule has 0 aliphatic carbocycles. The van der Waals surface area contributed by atoms with Crippen molar-refractivity contribution in [1.82, 2.24) is 10.6 Å². The van der Waals surface area contributed by atoms with Gasteiger partial charge < -0.3 is 15.1 Å². The zero-order chi connectivity index (χ0) is 16.5. The van der Waals surface area contributed by atoms with Crippen LogP contribution in [0, 0.1) is 0 Å². The van der Waals surface area contributed by atoms with Crippen LogP contribution in [0.4, 0.5) is 0 Å². The third-order valence-corrected chi connectivity index (χ3v) is 4.71. The summed E-state index contributed by atoms with van der Waals surface area (Å²) in [5.41, 5.74) is 0.0258. The lowest BCUT2D eigenvalue weighted by atomic mass is 9.92. The fraction of sp³-hybridized carbons (Fsp3) is 0.389. The molecular formula is C18H25N3OS. The summed E-state index contributed by atoms with van der Waals surface area (Å²) in [5, 5.41) is 8.72. The van der Waals surface area contributed by atoms with Gasteiger partial charge in [-0.25, -0.2) is 0 Å². The molecule has 0 saturated carbocycles. The smallest absolute Gasteiger partial charge is 0.191 e. The summed E-state index contributed by atoms with van der Waals surface area (Å²) in [4.78, 5) is 6.08. The molecule has 2 N–H and O–H groups in total. The number of hydrogen-bond acceptors (Lipinski definition) is 3. The summed E-state index contributed by atoms with van der Waals surface area (Å²) in [5.74, 6) is 1.78. The minimum Gasteiger partial charge on any atom is -0.469 e. The van der Waals surface area contributed by atoms with E-state index in [0.29, 0.717) is 6.54 Å². The predicted molar refractivity (Wildman–Crippen MR) is 98.3 cm³/mol. The van der Waals surface area contributed by atoms with Gasteiger partial charge in [-0.2, -0.15) is 0 Å². The second-order valence-corrected chi connectivity index (χ2v) is 6.90. The topological polar surface area (TPSA) is 49.6 Å².